The third-order valence-electron chi connectivity index (χ3n) is 2.53. The Balaban J connectivity index is 2.71. The van der Waals surface area contributed by atoms with Crippen LogP contribution in [0.4, 0.5) is 13.2 Å². The number of benzene rings is 1. The lowest BCUT2D eigenvalue weighted by Crippen LogP contribution is -2.08. The van der Waals surface area contributed by atoms with Gasteiger partial charge in [0.05, 0.1) is 11.1 Å². The zero-order valence-electron chi connectivity index (χ0n) is 9.70. The standard InChI is InChI=1S/C12H8BrF3N2O/c1-18-5-7(6-19)11(17-18)9-3-2-8(13)4-10(9)12(14,15)16/h2-6H,1H3. The Morgan fingerprint density at radius 3 is 2.63 bits per heavy atom. The number of halogens is 4. The van der Waals surface area contributed by atoms with Crippen LogP contribution in [0.1, 0.15) is 15.9 Å². The van der Waals surface area contributed by atoms with Crippen molar-refractivity contribution in [1.82, 2.24) is 9.78 Å². The molecule has 19 heavy (non-hydrogen) atoms. The first-order valence-corrected chi connectivity index (χ1v) is 5.98. The summed E-state index contributed by atoms with van der Waals surface area (Å²) >= 11 is 3.01. The van der Waals surface area contributed by atoms with Crippen LogP contribution in [0.25, 0.3) is 11.3 Å². The Hall–Kier alpha value is -1.63. The van der Waals surface area contributed by atoms with Gasteiger partial charge in [0.1, 0.15) is 5.69 Å². The number of carbonyl (C=O) groups is 1. The maximum atomic E-state index is 13.0. The minimum atomic E-state index is -4.52. The van der Waals surface area contributed by atoms with Crippen molar-refractivity contribution in [3.05, 3.63) is 40.0 Å². The molecular weight excluding hydrogens is 325 g/mol. The zero-order chi connectivity index (χ0) is 14.2. The number of hydrogen-bond acceptors (Lipinski definition) is 2. The molecule has 2 aromatic rings. The van der Waals surface area contributed by atoms with Gasteiger partial charge in [-0.3, -0.25) is 9.48 Å². The highest BCUT2D eigenvalue weighted by molar-refractivity contribution is 9.10. The molecule has 3 nitrogen and oxygen atoms in total. The quantitative estimate of drug-likeness (QED) is 0.786. The van der Waals surface area contributed by atoms with E-state index in [1.165, 1.54) is 23.0 Å². The second-order valence-corrected chi connectivity index (χ2v) is 4.83. The van der Waals surface area contributed by atoms with Crippen molar-refractivity contribution in [1.29, 1.82) is 0 Å². The van der Waals surface area contributed by atoms with E-state index in [4.69, 9.17) is 0 Å². The molecule has 100 valence electrons. The van der Waals surface area contributed by atoms with E-state index in [1.807, 2.05) is 0 Å². The molecule has 1 aromatic carbocycles. The van der Waals surface area contributed by atoms with Gasteiger partial charge >= 0.3 is 6.18 Å². The molecule has 0 N–H and O–H groups in total. The summed E-state index contributed by atoms with van der Waals surface area (Å²) < 4.78 is 40.7. The predicted molar refractivity (Wildman–Crippen MR) is 66.7 cm³/mol. The summed E-state index contributed by atoms with van der Waals surface area (Å²) in [6, 6.07) is 3.74. The third-order valence-corrected chi connectivity index (χ3v) is 3.02. The summed E-state index contributed by atoms with van der Waals surface area (Å²) in [5, 5.41) is 3.93. The fourth-order valence-electron chi connectivity index (χ4n) is 1.76. The van der Waals surface area contributed by atoms with Gasteiger partial charge < -0.3 is 0 Å². The lowest BCUT2D eigenvalue weighted by molar-refractivity contribution is -0.137. The van der Waals surface area contributed by atoms with Crippen LogP contribution in [0.3, 0.4) is 0 Å². The van der Waals surface area contributed by atoms with Crippen LogP contribution < -0.4 is 0 Å². The molecule has 0 atom stereocenters. The van der Waals surface area contributed by atoms with Crippen molar-refractivity contribution in [3.63, 3.8) is 0 Å². The van der Waals surface area contributed by atoms with Gasteiger partial charge in [-0.05, 0) is 12.1 Å². The van der Waals surface area contributed by atoms with Gasteiger partial charge in [0.15, 0.2) is 6.29 Å². The highest BCUT2D eigenvalue weighted by Gasteiger charge is 2.35. The number of carbonyl (C=O) groups excluding carboxylic acids is 1. The van der Waals surface area contributed by atoms with Gasteiger partial charge in [-0.2, -0.15) is 18.3 Å². The number of alkyl halides is 3. The van der Waals surface area contributed by atoms with E-state index in [0.717, 1.165) is 6.07 Å². The first-order chi connectivity index (χ1) is 8.82. The molecule has 0 fully saturated rings. The molecule has 0 saturated carbocycles. The van der Waals surface area contributed by atoms with Gasteiger partial charge in [0, 0.05) is 23.3 Å². The molecule has 7 heteroatoms. The summed E-state index contributed by atoms with van der Waals surface area (Å²) in [5.74, 6) is 0. The summed E-state index contributed by atoms with van der Waals surface area (Å²) in [6.45, 7) is 0. The number of rotatable bonds is 2. The van der Waals surface area contributed by atoms with Gasteiger partial charge in [-0.15, -0.1) is 0 Å². The Bertz CT molecular complexity index is 634. The molecule has 1 heterocycles. The fourth-order valence-corrected chi connectivity index (χ4v) is 2.12. The minimum absolute atomic E-state index is 0.0253. The molecule has 0 radical (unpaired) electrons. The lowest BCUT2D eigenvalue weighted by atomic mass is 10.0. The normalized spacial score (nSPS) is 11.6. The first kappa shape index (κ1) is 13.8. The molecule has 0 unspecified atom stereocenters. The van der Waals surface area contributed by atoms with Crippen LogP contribution in [0.5, 0.6) is 0 Å². The van der Waals surface area contributed by atoms with Crippen molar-refractivity contribution < 1.29 is 18.0 Å². The molecule has 0 aliphatic carbocycles. The van der Waals surface area contributed by atoms with Gasteiger partial charge in [0.2, 0.25) is 0 Å². The van der Waals surface area contributed by atoms with Crippen LogP contribution in [0.2, 0.25) is 0 Å². The second kappa shape index (κ2) is 4.80. The Labute approximate surface area is 115 Å². The fraction of sp³-hybridized carbons (Fsp3) is 0.167. The van der Waals surface area contributed by atoms with Crippen LogP contribution in [0.15, 0.2) is 28.9 Å². The highest BCUT2D eigenvalue weighted by atomic mass is 79.9. The Morgan fingerprint density at radius 2 is 2.05 bits per heavy atom. The van der Waals surface area contributed by atoms with Crippen molar-refractivity contribution in [2.24, 2.45) is 7.05 Å². The average molecular weight is 333 g/mol. The van der Waals surface area contributed by atoms with E-state index >= 15 is 0 Å². The van der Waals surface area contributed by atoms with E-state index in [9.17, 15) is 18.0 Å². The van der Waals surface area contributed by atoms with Crippen LogP contribution >= 0.6 is 15.9 Å². The number of hydrogen-bond donors (Lipinski definition) is 0. The summed E-state index contributed by atoms with van der Waals surface area (Å²) in [6.07, 6.45) is -2.65. The van der Waals surface area contributed by atoms with Gasteiger partial charge in [-0.1, -0.05) is 22.0 Å². The van der Waals surface area contributed by atoms with E-state index in [-0.39, 0.29) is 16.8 Å². The SMILES string of the molecule is Cn1cc(C=O)c(-c2ccc(Br)cc2C(F)(F)F)n1. The average Bonchev–Trinajstić information content (AvgIpc) is 2.69. The molecule has 0 bridgehead atoms. The van der Waals surface area contributed by atoms with E-state index in [0.29, 0.717) is 10.8 Å². The largest absolute Gasteiger partial charge is 0.417 e. The molecule has 1 aromatic heterocycles. The molecular formula is C12H8BrF3N2O. The zero-order valence-corrected chi connectivity index (χ0v) is 11.3. The first-order valence-electron chi connectivity index (χ1n) is 5.19. The van der Waals surface area contributed by atoms with Crippen molar-refractivity contribution in [2.75, 3.05) is 0 Å². The number of nitrogens with zero attached hydrogens (tertiary/aromatic N) is 2. The molecule has 0 spiro atoms. The predicted octanol–water partition coefficient (Wildman–Crippen LogP) is 3.68. The summed E-state index contributed by atoms with van der Waals surface area (Å²) in [4.78, 5) is 10.9. The molecule has 0 amide bonds. The van der Waals surface area contributed by atoms with E-state index < -0.39 is 11.7 Å². The number of aldehydes is 1. The van der Waals surface area contributed by atoms with Crippen molar-refractivity contribution in [2.45, 2.75) is 6.18 Å². The topological polar surface area (TPSA) is 34.9 Å². The molecule has 0 aliphatic heterocycles. The van der Waals surface area contributed by atoms with Crippen molar-refractivity contribution >= 4 is 22.2 Å². The second-order valence-electron chi connectivity index (χ2n) is 3.91. The molecule has 0 saturated heterocycles. The van der Waals surface area contributed by atoms with Crippen LogP contribution in [-0.2, 0) is 13.2 Å². The van der Waals surface area contributed by atoms with Crippen LogP contribution in [-0.4, -0.2) is 16.1 Å². The highest BCUT2D eigenvalue weighted by Crippen LogP contribution is 2.38. The lowest BCUT2D eigenvalue weighted by Gasteiger charge is -2.12. The van der Waals surface area contributed by atoms with Crippen molar-refractivity contribution in [3.8, 4) is 11.3 Å². The summed E-state index contributed by atoms with van der Waals surface area (Å²) in [7, 11) is 1.54. The molecule has 2 rings (SSSR count). The maximum absolute atomic E-state index is 13.0. The van der Waals surface area contributed by atoms with Crippen LogP contribution in [0, 0.1) is 0 Å². The Kier molecular flexibility index (Phi) is 3.49. The molecule has 0 aliphatic rings. The Morgan fingerprint density at radius 1 is 1.37 bits per heavy atom. The smallest absolute Gasteiger partial charge is 0.298 e. The van der Waals surface area contributed by atoms with Gasteiger partial charge in [-0.25, -0.2) is 0 Å². The van der Waals surface area contributed by atoms with E-state index in [2.05, 4.69) is 21.0 Å². The monoisotopic (exact) mass is 332 g/mol. The minimum Gasteiger partial charge on any atom is -0.298 e. The number of aromatic nitrogens is 2. The van der Waals surface area contributed by atoms with E-state index in [1.54, 1.807) is 7.05 Å². The summed E-state index contributed by atoms with van der Waals surface area (Å²) in [5.41, 5.74) is -0.797. The third kappa shape index (κ3) is 2.70. The number of aryl methyl sites for hydroxylation is 1. The van der Waals surface area contributed by atoms with Gasteiger partial charge in [0.25, 0.3) is 0 Å². The maximum Gasteiger partial charge on any atom is 0.417 e.